The second-order valence-electron chi connectivity index (χ2n) is 14.1. The molecule has 272 valence electrons. The summed E-state index contributed by atoms with van der Waals surface area (Å²) in [6.07, 6.45) is 1.26. The van der Waals surface area contributed by atoms with Crippen LogP contribution in [-0.2, 0) is 26.2 Å². The summed E-state index contributed by atoms with van der Waals surface area (Å²) in [5.41, 5.74) is 5.84. The van der Waals surface area contributed by atoms with Crippen molar-refractivity contribution in [2.45, 2.75) is 50.1 Å². The van der Waals surface area contributed by atoms with E-state index in [0.717, 1.165) is 0 Å². The molecule has 16 heteroatoms. The highest BCUT2D eigenvalue weighted by Crippen LogP contribution is 2.64. The molecule has 13 nitrogen and oxygen atoms in total. The third kappa shape index (κ3) is 6.20. The first-order valence-electron chi connectivity index (χ1n) is 16.8. The Morgan fingerprint density at radius 2 is 1.77 bits per heavy atom. The molecule has 0 bridgehead atoms. The van der Waals surface area contributed by atoms with Crippen molar-refractivity contribution in [3.8, 4) is 11.1 Å². The van der Waals surface area contributed by atoms with E-state index in [9.17, 15) is 27.6 Å². The molecule has 7 rings (SSSR count). The van der Waals surface area contributed by atoms with E-state index in [2.05, 4.69) is 15.1 Å². The minimum atomic E-state index is -3.84. The highest BCUT2D eigenvalue weighted by Gasteiger charge is 2.72. The molecule has 3 fully saturated rings. The average molecular weight is 750 g/mol. The molecule has 52 heavy (non-hydrogen) atoms. The van der Waals surface area contributed by atoms with Crippen molar-refractivity contribution >= 4 is 61.8 Å². The minimum absolute atomic E-state index is 0.0263. The van der Waals surface area contributed by atoms with E-state index in [0.29, 0.717) is 36.4 Å². The molecule has 0 unspecified atom stereocenters. The van der Waals surface area contributed by atoms with E-state index in [1.165, 1.54) is 33.8 Å². The van der Waals surface area contributed by atoms with Crippen molar-refractivity contribution in [2.75, 3.05) is 26.0 Å². The summed E-state index contributed by atoms with van der Waals surface area (Å²) in [4.78, 5) is 57.3. The number of carbonyl (C=O) groups is 4. The number of primary amides is 1. The van der Waals surface area contributed by atoms with Crippen LogP contribution < -0.4 is 15.8 Å². The van der Waals surface area contributed by atoms with Gasteiger partial charge in [-0.3, -0.25) is 23.9 Å². The van der Waals surface area contributed by atoms with E-state index < -0.39 is 62.7 Å². The molecule has 1 saturated heterocycles. The van der Waals surface area contributed by atoms with Crippen molar-refractivity contribution in [3.05, 3.63) is 82.8 Å². The molecule has 0 radical (unpaired) electrons. The summed E-state index contributed by atoms with van der Waals surface area (Å²) in [6, 6.07) is 14.2. The molecule has 3 aromatic carbocycles. The molecule has 2 aliphatic carbocycles. The van der Waals surface area contributed by atoms with E-state index in [4.69, 9.17) is 17.3 Å². The number of nitrogens with two attached hydrogens (primary N) is 1. The Balaban J connectivity index is 1.20. The molecule has 4 N–H and O–H groups in total. The Bertz CT molecular complexity index is 2280. The molecule has 4 amide bonds. The number of halogens is 2. The second kappa shape index (κ2) is 13.0. The van der Waals surface area contributed by atoms with E-state index in [1.807, 2.05) is 25.9 Å². The number of anilines is 1. The third-order valence-electron chi connectivity index (χ3n) is 10.4. The highest BCUT2D eigenvalue weighted by molar-refractivity contribution is 7.91. The van der Waals surface area contributed by atoms with Gasteiger partial charge in [0.2, 0.25) is 21.8 Å². The van der Waals surface area contributed by atoms with Gasteiger partial charge >= 0.3 is 0 Å². The lowest BCUT2D eigenvalue weighted by molar-refractivity contribution is -0.138. The first-order chi connectivity index (χ1) is 24.6. The van der Waals surface area contributed by atoms with Gasteiger partial charge in [-0.1, -0.05) is 48.9 Å². The van der Waals surface area contributed by atoms with Crippen LogP contribution in [0.2, 0.25) is 5.02 Å². The van der Waals surface area contributed by atoms with Crippen LogP contribution in [0, 0.1) is 17.2 Å². The molecular formula is C36H37ClFN7O6S. The number of amides is 4. The normalized spacial score (nSPS) is 22.3. The molecule has 3 aliphatic rings. The SMILES string of the molecule is C[C@@H]1[C@@H]2N(C(=O)Cn3nc(C(N)=O)c4ccc(C(=O)NS(=O)(=O)C5CC5)cc43)[C@H](C(=O)Nc3cccc(-c4ccccc4Cl)c3F)C[C@]12CN(C)C. The zero-order valence-corrected chi connectivity index (χ0v) is 30.2. The quantitative estimate of drug-likeness (QED) is 0.208. The van der Waals surface area contributed by atoms with Crippen LogP contribution in [0.1, 0.15) is 47.0 Å². The summed E-state index contributed by atoms with van der Waals surface area (Å²) in [7, 11) is -0.0163. The van der Waals surface area contributed by atoms with Crippen LogP contribution in [0.4, 0.5) is 10.1 Å². The molecule has 0 spiro atoms. The maximum atomic E-state index is 15.9. The lowest BCUT2D eigenvalue weighted by Gasteiger charge is -2.28. The first-order valence-corrected chi connectivity index (χ1v) is 18.7. The number of aromatic nitrogens is 2. The van der Waals surface area contributed by atoms with Crippen molar-refractivity contribution in [2.24, 2.45) is 17.1 Å². The number of rotatable bonds is 11. The summed E-state index contributed by atoms with van der Waals surface area (Å²) in [5.74, 6) is -3.43. The van der Waals surface area contributed by atoms with Gasteiger partial charge in [0.25, 0.3) is 11.8 Å². The number of fused-ring (bicyclic) bond motifs is 2. The summed E-state index contributed by atoms with van der Waals surface area (Å²) in [5, 5.41) is 7.00. The van der Waals surface area contributed by atoms with Crippen molar-refractivity contribution in [1.29, 1.82) is 0 Å². The fourth-order valence-electron chi connectivity index (χ4n) is 7.80. The summed E-state index contributed by atoms with van der Waals surface area (Å²) in [6.45, 7) is 2.18. The lowest BCUT2D eigenvalue weighted by Crippen LogP contribution is -2.47. The molecule has 4 aromatic rings. The van der Waals surface area contributed by atoms with Crippen LogP contribution in [0.5, 0.6) is 0 Å². The van der Waals surface area contributed by atoms with Crippen LogP contribution >= 0.6 is 11.6 Å². The Labute approximate surface area is 304 Å². The molecular weight excluding hydrogens is 713 g/mol. The zero-order chi connectivity index (χ0) is 37.3. The smallest absolute Gasteiger partial charge is 0.269 e. The minimum Gasteiger partial charge on any atom is -0.364 e. The third-order valence-corrected chi connectivity index (χ3v) is 12.6. The van der Waals surface area contributed by atoms with E-state index in [1.54, 1.807) is 36.4 Å². The van der Waals surface area contributed by atoms with Gasteiger partial charge in [-0.25, -0.2) is 17.5 Å². The van der Waals surface area contributed by atoms with Gasteiger partial charge < -0.3 is 20.9 Å². The molecule has 1 aromatic heterocycles. The maximum absolute atomic E-state index is 15.9. The monoisotopic (exact) mass is 749 g/mol. The highest BCUT2D eigenvalue weighted by atomic mass is 35.5. The number of carbonyl (C=O) groups excluding carboxylic acids is 4. The Morgan fingerprint density at radius 3 is 2.44 bits per heavy atom. The van der Waals surface area contributed by atoms with E-state index >= 15 is 4.39 Å². The predicted molar refractivity (Wildman–Crippen MR) is 192 cm³/mol. The second-order valence-corrected chi connectivity index (χ2v) is 16.5. The average Bonchev–Trinajstić information content (AvgIpc) is 3.95. The topological polar surface area (TPSA) is 177 Å². The summed E-state index contributed by atoms with van der Waals surface area (Å²) < 4.78 is 44.1. The molecule has 1 aliphatic heterocycles. The fourth-order valence-corrected chi connectivity index (χ4v) is 9.33. The lowest BCUT2D eigenvalue weighted by atomic mass is 9.95. The van der Waals surface area contributed by atoms with Gasteiger partial charge in [0.05, 0.1) is 16.5 Å². The Kier molecular flexibility index (Phi) is 8.86. The maximum Gasteiger partial charge on any atom is 0.269 e. The zero-order valence-electron chi connectivity index (χ0n) is 28.6. The number of nitrogens with one attached hydrogen (secondary N) is 2. The standard InChI is InChI=1S/C36H37ClFN7O6S/c1-19-32-36(19,18-43(2)3)16-28(35(49)40-26-10-6-8-23(30(26)38)22-7-4-5-9-25(22)37)45(32)29(46)17-44-27-15-20(11-14-24(27)31(41-44)33(39)47)34(48)42-52(50,51)21-12-13-21/h4-11,14-15,19,21,28,32H,12-13,16-18H2,1-3H3,(H2,39,47)(H,40,49)(H,42,48)/t19-,28+,32+,36+/m1/s1. The van der Waals surface area contributed by atoms with Crippen molar-refractivity contribution in [1.82, 2.24) is 24.3 Å². The van der Waals surface area contributed by atoms with Gasteiger partial charge in [0.15, 0.2) is 11.5 Å². The van der Waals surface area contributed by atoms with Gasteiger partial charge in [-0.05, 0) is 69.6 Å². The van der Waals surface area contributed by atoms with Crippen molar-refractivity contribution < 1.29 is 32.0 Å². The molecule has 2 saturated carbocycles. The van der Waals surface area contributed by atoms with Gasteiger partial charge in [-0.2, -0.15) is 5.10 Å². The van der Waals surface area contributed by atoms with Crippen LogP contribution in [0.25, 0.3) is 22.0 Å². The Morgan fingerprint density at radius 1 is 1.06 bits per heavy atom. The predicted octanol–water partition coefficient (Wildman–Crippen LogP) is 3.62. The van der Waals surface area contributed by atoms with Crippen LogP contribution in [0.15, 0.2) is 60.7 Å². The number of likely N-dealkylation sites (tertiary alicyclic amines) is 1. The number of sulfonamides is 1. The molecule has 4 atom stereocenters. The number of hydrogen-bond donors (Lipinski definition) is 3. The first kappa shape index (κ1) is 35.5. The fraction of sp³-hybridized carbons (Fsp3) is 0.361. The number of benzene rings is 3. The van der Waals surface area contributed by atoms with E-state index in [-0.39, 0.29) is 45.4 Å². The Hall–Kier alpha value is -4.86. The summed E-state index contributed by atoms with van der Waals surface area (Å²) >= 11 is 6.34. The number of hydrogen-bond acceptors (Lipinski definition) is 8. The number of piperidine rings is 1. The van der Waals surface area contributed by atoms with Crippen molar-refractivity contribution in [3.63, 3.8) is 0 Å². The molecule has 2 heterocycles. The largest absolute Gasteiger partial charge is 0.364 e. The number of nitrogens with zero attached hydrogens (tertiary/aromatic N) is 4. The van der Waals surface area contributed by atoms with Crippen LogP contribution in [0.3, 0.4) is 0 Å². The van der Waals surface area contributed by atoms with Gasteiger partial charge in [-0.15, -0.1) is 0 Å². The van der Waals surface area contributed by atoms with Crippen LogP contribution in [-0.4, -0.2) is 89.6 Å². The van der Waals surface area contributed by atoms with Gasteiger partial charge in [0, 0.05) is 45.1 Å². The van der Waals surface area contributed by atoms with Gasteiger partial charge in [0.1, 0.15) is 12.6 Å².